The average molecular weight is 306 g/mol. The first kappa shape index (κ1) is 15.8. The SMILES string of the molecule is CCCNC(=O)c1cc(Nc2ccc(F)c(F)c2)nc(C)n1. The molecule has 2 aromatic rings. The number of hydrogen-bond donors (Lipinski definition) is 2. The highest BCUT2D eigenvalue weighted by molar-refractivity contribution is 5.93. The van der Waals surface area contributed by atoms with Crippen LogP contribution in [0.5, 0.6) is 0 Å². The first-order valence-corrected chi connectivity index (χ1v) is 6.85. The summed E-state index contributed by atoms with van der Waals surface area (Å²) >= 11 is 0. The molecule has 22 heavy (non-hydrogen) atoms. The van der Waals surface area contributed by atoms with E-state index in [0.717, 1.165) is 18.6 Å². The van der Waals surface area contributed by atoms with Crippen molar-refractivity contribution >= 4 is 17.4 Å². The van der Waals surface area contributed by atoms with Crippen molar-refractivity contribution in [1.82, 2.24) is 15.3 Å². The molecule has 0 spiro atoms. The van der Waals surface area contributed by atoms with Gasteiger partial charge in [-0.3, -0.25) is 4.79 Å². The summed E-state index contributed by atoms with van der Waals surface area (Å²) in [4.78, 5) is 20.1. The molecule has 0 saturated heterocycles. The molecule has 1 heterocycles. The molecule has 0 aliphatic carbocycles. The van der Waals surface area contributed by atoms with Gasteiger partial charge in [0.25, 0.3) is 5.91 Å². The number of amides is 1. The number of anilines is 2. The van der Waals surface area contributed by atoms with E-state index >= 15 is 0 Å². The molecular formula is C15H16F2N4O. The van der Waals surface area contributed by atoms with Crippen molar-refractivity contribution in [2.24, 2.45) is 0 Å². The molecule has 0 atom stereocenters. The molecule has 0 aliphatic rings. The predicted molar refractivity (Wildman–Crippen MR) is 79.0 cm³/mol. The normalized spacial score (nSPS) is 10.4. The Morgan fingerprint density at radius 3 is 2.64 bits per heavy atom. The summed E-state index contributed by atoms with van der Waals surface area (Å²) in [6.07, 6.45) is 0.815. The van der Waals surface area contributed by atoms with Crippen LogP contribution in [0.2, 0.25) is 0 Å². The Labute approximate surface area is 126 Å². The van der Waals surface area contributed by atoms with Crippen LogP contribution in [0, 0.1) is 18.6 Å². The van der Waals surface area contributed by atoms with E-state index in [4.69, 9.17) is 0 Å². The lowest BCUT2D eigenvalue weighted by Crippen LogP contribution is -2.25. The van der Waals surface area contributed by atoms with Crippen molar-refractivity contribution in [3.05, 3.63) is 47.4 Å². The van der Waals surface area contributed by atoms with Gasteiger partial charge in [-0.25, -0.2) is 18.7 Å². The van der Waals surface area contributed by atoms with Gasteiger partial charge in [-0.05, 0) is 25.5 Å². The number of nitrogens with one attached hydrogen (secondary N) is 2. The van der Waals surface area contributed by atoms with Crippen LogP contribution in [0.1, 0.15) is 29.7 Å². The Morgan fingerprint density at radius 2 is 1.95 bits per heavy atom. The zero-order valence-electron chi connectivity index (χ0n) is 12.3. The summed E-state index contributed by atoms with van der Waals surface area (Å²) < 4.78 is 26.1. The zero-order chi connectivity index (χ0) is 16.1. The first-order valence-electron chi connectivity index (χ1n) is 6.85. The van der Waals surface area contributed by atoms with Gasteiger partial charge in [0.1, 0.15) is 17.3 Å². The fraction of sp³-hybridized carbons (Fsp3) is 0.267. The maximum atomic E-state index is 13.2. The molecule has 1 amide bonds. The van der Waals surface area contributed by atoms with Gasteiger partial charge in [-0.2, -0.15) is 0 Å². The van der Waals surface area contributed by atoms with Crippen LogP contribution in [-0.4, -0.2) is 22.4 Å². The summed E-state index contributed by atoms with van der Waals surface area (Å²) in [5.41, 5.74) is 0.544. The number of carbonyl (C=O) groups is 1. The topological polar surface area (TPSA) is 66.9 Å². The highest BCUT2D eigenvalue weighted by atomic mass is 19.2. The van der Waals surface area contributed by atoms with Gasteiger partial charge in [0.2, 0.25) is 0 Å². The largest absolute Gasteiger partial charge is 0.351 e. The molecule has 0 fully saturated rings. The standard InChI is InChI=1S/C15H16F2N4O/c1-3-6-18-15(22)13-8-14(20-9(2)19-13)21-10-4-5-11(16)12(17)7-10/h4-5,7-8H,3,6H2,1-2H3,(H,18,22)(H,19,20,21). The fourth-order valence-corrected chi connectivity index (χ4v) is 1.80. The Kier molecular flexibility index (Phi) is 4.98. The minimum atomic E-state index is -0.961. The molecule has 7 heteroatoms. The Balaban J connectivity index is 2.22. The van der Waals surface area contributed by atoms with Crippen LogP contribution >= 0.6 is 0 Å². The molecule has 0 radical (unpaired) electrons. The number of nitrogens with zero attached hydrogens (tertiary/aromatic N) is 2. The number of halogens is 2. The van der Waals surface area contributed by atoms with Crippen molar-refractivity contribution in [2.75, 3.05) is 11.9 Å². The predicted octanol–water partition coefficient (Wildman–Crippen LogP) is 2.95. The third-order valence-electron chi connectivity index (χ3n) is 2.80. The molecule has 0 saturated carbocycles. The molecule has 116 valence electrons. The first-order chi connectivity index (χ1) is 10.5. The van der Waals surface area contributed by atoms with Gasteiger partial charge in [0, 0.05) is 24.4 Å². The molecule has 0 aliphatic heterocycles. The molecule has 1 aromatic carbocycles. The smallest absolute Gasteiger partial charge is 0.270 e. The minimum Gasteiger partial charge on any atom is -0.351 e. The van der Waals surface area contributed by atoms with Gasteiger partial charge in [0.15, 0.2) is 11.6 Å². The van der Waals surface area contributed by atoms with Crippen LogP contribution in [0.25, 0.3) is 0 Å². The second-order valence-electron chi connectivity index (χ2n) is 4.70. The number of aromatic nitrogens is 2. The van der Waals surface area contributed by atoms with E-state index < -0.39 is 11.6 Å². The molecule has 0 unspecified atom stereocenters. The maximum Gasteiger partial charge on any atom is 0.270 e. The molecular weight excluding hydrogens is 290 g/mol. The summed E-state index contributed by atoms with van der Waals surface area (Å²) in [5, 5.41) is 5.54. The third-order valence-corrected chi connectivity index (χ3v) is 2.80. The second kappa shape index (κ2) is 6.93. The number of hydrogen-bond acceptors (Lipinski definition) is 4. The highest BCUT2D eigenvalue weighted by Gasteiger charge is 2.10. The van der Waals surface area contributed by atoms with E-state index in [1.165, 1.54) is 12.1 Å². The number of carbonyl (C=O) groups excluding carboxylic acids is 1. The Bertz CT molecular complexity index is 691. The summed E-state index contributed by atoms with van der Waals surface area (Å²) in [6.45, 7) is 4.14. The maximum absolute atomic E-state index is 13.2. The van der Waals surface area contributed by atoms with Crippen molar-refractivity contribution in [3.63, 3.8) is 0 Å². The summed E-state index contributed by atoms with van der Waals surface area (Å²) in [6, 6.07) is 4.87. The summed E-state index contributed by atoms with van der Waals surface area (Å²) in [5.74, 6) is -1.46. The molecule has 1 aromatic heterocycles. The Hall–Kier alpha value is -2.57. The quantitative estimate of drug-likeness (QED) is 0.891. The molecule has 0 bridgehead atoms. The minimum absolute atomic E-state index is 0.214. The van der Waals surface area contributed by atoms with E-state index in [-0.39, 0.29) is 11.6 Å². The van der Waals surface area contributed by atoms with Crippen molar-refractivity contribution in [3.8, 4) is 0 Å². The third kappa shape index (κ3) is 3.97. The van der Waals surface area contributed by atoms with Crippen LogP contribution in [0.4, 0.5) is 20.3 Å². The van der Waals surface area contributed by atoms with E-state index in [2.05, 4.69) is 20.6 Å². The van der Waals surface area contributed by atoms with Crippen LogP contribution in [0.15, 0.2) is 24.3 Å². The van der Waals surface area contributed by atoms with Crippen LogP contribution in [-0.2, 0) is 0 Å². The van der Waals surface area contributed by atoms with Gasteiger partial charge in [-0.15, -0.1) is 0 Å². The summed E-state index contributed by atoms with van der Waals surface area (Å²) in [7, 11) is 0. The molecule has 5 nitrogen and oxygen atoms in total. The van der Waals surface area contributed by atoms with E-state index in [9.17, 15) is 13.6 Å². The van der Waals surface area contributed by atoms with E-state index in [1.807, 2.05) is 6.92 Å². The number of aryl methyl sites for hydroxylation is 1. The Morgan fingerprint density at radius 1 is 1.18 bits per heavy atom. The van der Waals surface area contributed by atoms with E-state index in [0.29, 0.717) is 23.9 Å². The average Bonchev–Trinajstić information content (AvgIpc) is 2.48. The molecule has 2 N–H and O–H groups in total. The lowest BCUT2D eigenvalue weighted by atomic mass is 10.3. The number of benzene rings is 1. The fourth-order valence-electron chi connectivity index (χ4n) is 1.80. The van der Waals surface area contributed by atoms with Gasteiger partial charge < -0.3 is 10.6 Å². The van der Waals surface area contributed by atoms with Crippen molar-refractivity contribution < 1.29 is 13.6 Å². The van der Waals surface area contributed by atoms with Crippen molar-refractivity contribution in [2.45, 2.75) is 20.3 Å². The van der Waals surface area contributed by atoms with Gasteiger partial charge in [-0.1, -0.05) is 6.92 Å². The zero-order valence-corrected chi connectivity index (χ0v) is 12.3. The molecule has 2 rings (SSSR count). The lowest BCUT2D eigenvalue weighted by Gasteiger charge is -2.09. The van der Waals surface area contributed by atoms with Crippen LogP contribution in [0.3, 0.4) is 0 Å². The van der Waals surface area contributed by atoms with Gasteiger partial charge in [0.05, 0.1) is 0 Å². The lowest BCUT2D eigenvalue weighted by molar-refractivity contribution is 0.0948. The van der Waals surface area contributed by atoms with Crippen LogP contribution < -0.4 is 10.6 Å². The highest BCUT2D eigenvalue weighted by Crippen LogP contribution is 2.18. The van der Waals surface area contributed by atoms with Gasteiger partial charge >= 0.3 is 0 Å². The van der Waals surface area contributed by atoms with E-state index in [1.54, 1.807) is 6.92 Å². The monoisotopic (exact) mass is 306 g/mol. The van der Waals surface area contributed by atoms with Crippen molar-refractivity contribution in [1.29, 1.82) is 0 Å². The second-order valence-corrected chi connectivity index (χ2v) is 4.70. The number of rotatable bonds is 5.